The van der Waals surface area contributed by atoms with E-state index in [2.05, 4.69) is 25.9 Å². The second kappa shape index (κ2) is 7.15. The van der Waals surface area contributed by atoms with Gasteiger partial charge in [0.2, 0.25) is 0 Å². The van der Waals surface area contributed by atoms with Crippen LogP contribution < -0.4 is 10.6 Å². The molecule has 1 saturated heterocycles. The molecule has 2 aliphatic rings. The highest BCUT2D eigenvalue weighted by molar-refractivity contribution is 7.07. The molecule has 2 amide bonds. The number of carbonyl (C=O) groups is 1. The molecule has 0 radical (unpaired) electrons. The second-order valence-corrected chi connectivity index (χ2v) is 7.70. The average Bonchev–Trinajstić information content (AvgIpc) is 3.28. The van der Waals surface area contributed by atoms with Crippen LogP contribution in [0.3, 0.4) is 0 Å². The molecule has 23 heavy (non-hydrogen) atoms. The van der Waals surface area contributed by atoms with Crippen molar-refractivity contribution in [3.63, 3.8) is 0 Å². The van der Waals surface area contributed by atoms with Gasteiger partial charge in [-0.1, -0.05) is 0 Å². The predicted octanol–water partition coefficient (Wildman–Crippen LogP) is 1.57. The van der Waals surface area contributed by atoms with Crippen LogP contribution in [0.5, 0.6) is 0 Å². The summed E-state index contributed by atoms with van der Waals surface area (Å²) in [4.78, 5) is 18.9. The second-order valence-electron chi connectivity index (χ2n) is 6.98. The Kier molecular flexibility index (Phi) is 5.18. The Labute approximate surface area is 141 Å². The monoisotopic (exact) mass is 338 g/mol. The third-order valence-corrected chi connectivity index (χ3v) is 5.63. The summed E-state index contributed by atoms with van der Waals surface area (Å²) in [6, 6.07) is 0.0650. The molecule has 1 unspecified atom stereocenters. The van der Waals surface area contributed by atoms with Crippen LogP contribution in [0.4, 0.5) is 4.79 Å². The van der Waals surface area contributed by atoms with Gasteiger partial charge < -0.3 is 15.7 Å². The lowest BCUT2D eigenvalue weighted by atomic mass is 9.97. The van der Waals surface area contributed by atoms with Gasteiger partial charge in [-0.15, -0.1) is 11.3 Å². The molecule has 6 nitrogen and oxygen atoms in total. The summed E-state index contributed by atoms with van der Waals surface area (Å²) in [5.74, 6) is 0.415. The molecule has 0 spiro atoms. The number of aromatic nitrogens is 1. The van der Waals surface area contributed by atoms with Crippen LogP contribution in [0.25, 0.3) is 0 Å². The van der Waals surface area contributed by atoms with Crippen LogP contribution in [0.15, 0.2) is 10.9 Å². The molecule has 1 aliphatic heterocycles. The van der Waals surface area contributed by atoms with Crippen molar-refractivity contribution >= 4 is 17.4 Å². The molecule has 2 fully saturated rings. The number of hydrogen-bond donors (Lipinski definition) is 3. The molecule has 2 heterocycles. The lowest BCUT2D eigenvalue weighted by Crippen LogP contribution is -2.56. The van der Waals surface area contributed by atoms with Crippen molar-refractivity contribution in [2.45, 2.75) is 50.7 Å². The van der Waals surface area contributed by atoms with Crippen molar-refractivity contribution in [1.82, 2.24) is 20.5 Å². The first-order chi connectivity index (χ1) is 11.1. The van der Waals surface area contributed by atoms with E-state index in [0.717, 1.165) is 51.0 Å². The number of nitrogens with one attached hydrogen (secondary N) is 2. The maximum atomic E-state index is 12.2. The summed E-state index contributed by atoms with van der Waals surface area (Å²) >= 11 is 1.63. The van der Waals surface area contributed by atoms with Gasteiger partial charge >= 0.3 is 6.03 Å². The van der Waals surface area contributed by atoms with Gasteiger partial charge in [-0.2, -0.15) is 0 Å². The van der Waals surface area contributed by atoms with E-state index in [9.17, 15) is 9.90 Å². The molecule has 3 N–H and O–H groups in total. The fourth-order valence-corrected chi connectivity index (χ4v) is 3.80. The van der Waals surface area contributed by atoms with Gasteiger partial charge in [0.1, 0.15) is 0 Å². The number of carbonyl (C=O) groups excluding carboxylic acids is 1. The Balaban J connectivity index is 1.40. The quantitative estimate of drug-likeness (QED) is 0.736. The number of aliphatic hydroxyl groups excluding tert-OH is 1. The van der Waals surface area contributed by atoms with Gasteiger partial charge in [0.25, 0.3) is 0 Å². The highest BCUT2D eigenvalue weighted by atomic mass is 32.1. The minimum absolute atomic E-state index is 0.00281. The molecule has 1 aromatic rings. The number of aliphatic hydroxyl groups is 1. The molecular formula is C16H26N4O2S. The summed E-state index contributed by atoms with van der Waals surface area (Å²) in [5, 5.41) is 17.7. The number of amides is 2. The molecule has 3 rings (SSSR count). The van der Waals surface area contributed by atoms with Gasteiger partial charge in [0.15, 0.2) is 0 Å². The molecule has 0 aromatic carbocycles. The largest absolute Gasteiger partial charge is 0.394 e. The predicted molar refractivity (Wildman–Crippen MR) is 90.3 cm³/mol. The minimum Gasteiger partial charge on any atom is -0.394 e. The van der Waals surface area contributed by atoms with Crippen LogP contribution in [-0.2, 0) is 6.54 Å². The first-order valence-electron chi connectivity index (χ1n) is 8.38. The van der Waals surface area contributed by atoms with Crippen LogP contribution in [-0.4, -0.2) is 52.3 Å². The molecule has 7 heteroatoms. The van der Waals surface area contributed by atoms with Crippen molar-refractivity contribution in [2.75, 3.05) is 19.7 Å². The lowest BCUT2D eigenvalue weighted by molar-refractivity contribution is 0.149. The van der Waals surface area contributed by atoms with Crippen LogP contribution in [0, 0.1) is 5.92 Å². The average molecular weight is 338 g/mol. The molecular weight excluding hydrogens is 312 g/mol. The summed E-state index contributed by atoms with van der Waals surface area (Å²) in [6.07, 6.45) is 4.09. The first kappa shape index (κ1) is 16.7. The van der Waals surface area contributed by atoms with Crippen LogP contribution in [0.1, 0.15) is 38.3 Å². The standard InChI is InChI=1S/C16H26N4O2S/c1-16(10-21,12-2-3-12)19-15(22)18-13-4-6-20(7-5-13)8-14-9-23-11-17-14/h9,11-13,21H,2-8,10H2,1H3,(H2,18,19,22). The zero-order valence-electron chi connectivity index (χ0n) is 13.6. The van der Waals surface area contributed by atoms with Crippen molar-refractivity contribution in [3.05, 3.63) is 16.6 Å². The van der Waals surface area contributed by atoms with E-state index in [1.807, 2.05) is 12.4 Å². The van der Waals surface area contributed by atoms with Crippen molar-refractivity contribution in [2.24, 2.45) is 5.92 Å². The van der Waals surface area contributed by atoms with Crippen molar-refractivity contribution < 1.29 is 9.90 Å². The Morgan fingerprint density at radius 1 is 1.43 bits per heavy atom. The van der Waals surface area contributed by atoms with E-state index >= 15 is 0 Å². The number of nitrogens with zero attached hydrogens (tertiary/aromatic N) is 2. The summed E-state index contributed by atoms with van der Waals surface area (Å²) in [6.45, 7) is 4.77. The molecule has 1 atom stereocenters. The van der Waals surface area contributed by atoms with Gasteiger partial charge in [-0.25, -0.2) is 9.78 Å². The molecule has 1 aliphatic carbocycles. The van der Waals surface area contributed by atoms with Crippen LogP contribution in [0.2, 0.25) is 0 Å². The number of rotatable bonds is 6. The van der Waals surface area contributed by atoms with Gasteiger partial charge in [-0.05, 0) is 38.5 Å². The fourth-order valence-electron chi connectivity index (χ4n) is 3.25. The Morgan fingerprint density at radius 3 is 2.74 bits per heavy atom. The fraction of sp³-hybridized carbons (Fsp3) is 0.750. The Bertz CT molecular complexity index is 512. The third-order valence-electron chi connectivity index (χ3n) is 5.00. The molecule has 0 bridgehead atoms. The summed E-state index contributed by atoms with van der Waals surface area (Å²) in [7, 11) is 0. The van der Waals surface area contributed by atoms with Gasteiger partial charge in [0, 0.05) is 31.1 Å². The van der Waals surface area contributed by atoms with E-state index < -0.39 is 5.54 Å². The number of likely N-dealkylation sites (tertiary alicyclic amines) is 1. The van der Waals surface area contributed by atoms with E-state index in [1.165, 1.54) is 0 Å². The SMILES string of the molecule is CC(CO)(NC(=O)NC1CCN(Cc2cscn2)CC1)C1CC1. The number of thiazole rings is 1. The van der Waals surface area contributed by atoms with Crippen LogP contribution >= 0.6 is 11.3 Å². The molecule has 1 aromatic heterocycles. The summed E-state index contributed by atoms with van der Waals surface area (Å²) < 4.78 is 0. The normalized spacial score (nSPS) is 22.5. The first-order valence-corrected chi connectivity index (χ1v) is 9.32. The molecule has 1 saturated carbocycles. The summed E-state index contributed by atoms with van der Waals surface area (Å²) in [5.41, 5.74) is 2.52. The molecule has 128 valence electrons. The van der Waals surface area contributed by atoms with E-state index in [4.69, 9.17) is 0 Å². The smallest absolute Gasteiger partial charge is 0.315 e. The minimum atomic E-state index is -0.477. The maximum Gasteiger partial charge on any atom is 0.315 e. The van der Waals surface area contributed by atoms with Crippen molar-refractivity contribution in [1.29, 1.82) is 0 Å². The number of piperidine rings is 1. The van der Waals surface area contributed by atoms with E-state index in [1.54, 1.807) is 11.3 Å². The Hall–Kier alpha value is -1.18. The highest BCUT2D eigenvalue weighted by Crippen LogP contribution is 2.39. The maximum absolute atomic E-state index is 12.2. The van der Waals surface area contributed by atoms with Crippen molar-refractivity contribution in [3.8, 4) is 0 Å². The number of hydrogen-bond acceptors (Lipinski definition) is 5. The Morgan fingerprint density at radius 2 is 2.17 bits per heavy atom. The lowest BCUT2D eigenvalue weighted by Gasteiger charge is -2.34. The van der Waals surface area contributed by atoms with E-state index in [0.29, 0.717) is 5.92 Å². The topological polar surface area (TPSA) is 77.5 Å². The highest BCUT2D eigenvalue weighted by Gasteiger charge is 2.42. The zero-order chi connectivity index (χ0) is 16.3. The third kappa shape index (κ3) is 4.43. The van der Waals surface area contributed by atoms with Gasteiger partial charge in [-0.3, -0.25) is 4.90 Å². The number of urea groups is 1. The van der Waals surface area contributed by atoms with Gasteiger partial charge in [0.05, 0.1) is 23.4 Å². The van der Waals surface area contributed by atoms with E-state index in [-0.39, 0.29) is 18.7 Å². The zero-order valence-corrected chi connectivity index (χ0v) is 14.4.